The number of nitrogens with one attached hydrogen (secondary N) is 2. The number of hydrogen-bond donors (Lipinski definition) is 2. The van der Waals surface area contributed by atoms with Crippen LogP contribution >= 0.6 is 11.8 Å². The number of aromatic nitrogens is 3. The van der Waals surface area contributed by atoms with E-state index in [1.807, 2.05) is 36.0 Å². The Hall–Kier alpha value is -2.06. The maximum absolute atomic E-state index is 12.1. The van der Waals surface area contributed by atoms with E-state index in [1.54, 1.807) is 0 Å². The van der Waals surface area contributed by atoms with Crippen LogP contribution < -0.4 is 10.6 Å². The van der Waals surface area contributed by atoms with E-state index < -0.39 is 0 Å². The van der Waals surface area contributed by atoms with Crippen LogP contribution in [-0.4, -0.2) is 51.6 Å². The molecule has 1 atom stereocenters. The lowest BCUT2D eigenvalue weighted by atomic mass is 10.1. The molecule has 150 valence electrons. The van der Waals surface area contributed by atoms with E-state index in [1.165, 1.54) is 25.7 Å². The summed E-state index contributed by atoms with van der Waals surface area (Å²) in [5.74, 6) is 3.96. The van der Waals surface area contributed by atoms with Crippen molar-refractivity contribution in [2.45, 2.75) is 44.8 Å². The number of nitrogens with zero attached hydrogens (tertiary/aromatic N) is 3. The number of urea groups is 1. The molecule has 2 N–H and O–H groups in total. The van der Waals surface area contributed by atoms with Gasteiger partial charge in [-0.05, 0) is 37.1 Å². The Morgan fingerprint density at radius 1 is 1.18 bits per heavy atom. The van der Waals surface area contributed by atoms with Crippen molar-refractivity contribution in [3.8, 4) is 11.4 Å². The second-order valence-corrected chi connectivity index (χ2v) is 8.39. The fourth-order valence-corrected chi connectivity index (χ4v) is 4.47. The average Bonchev–Trinajstić information content (AvgIpc) is 3.09. The molecule has 1 unspecified atom stereocenters. The van der Waals surface area contributed by atoms with Gasteiger partial charge in [-0.1, -0.05) is 12.8 Å². The van der Waals surface area contributed by atoms with Crippen molar-refractivity contribution in [2.24, 2.45) is 0 Å². The van der Waals surface area contributed by atoms with Gasteiger partial charge in [0.15, 0.2) is 5.82 Å². The van der Waals surface area contributed by atoms with E-state index in [9.17, 15) is 4.79 Å². The molecule has 1 aromatic carbocycles. The van der Waals surface area contributed by atoms with Crippen molar-refractivity contribution in [2.75, 3.05) is 30.0 Å². The number of aryl methyl sites for hydroxylation is 1. The van der Waals surface area contributed by atoms with Gasteiger partial charge in [0, 0.05) is 42.3 Å². The zero-order valence-electron chi connectivity index (χ0n) is 16.0. The highest BCUT2D eigenvalue weighted by molar-refractivity contribution is 7.99. The second-order valence-electron chi connectivity index (χ2n) is 7.24. The Morgan fingerprint density at radius 2 is 2.04 bits per heavy atom. The molecule has 7 nitrogen and oxygen atoms in total. The van der Waals surface area contributed by atoms with Gasteiger partial charge in [0.2, 0.25) is 0 Å². The number of fused-ring (bicyclic) bond motifs is 1. The third-order valence-electron chi connectivity index (χ3n) is 5.14. The largest absolute Gasteiger partial charge is 0.375 e. The molecule has 0 bridgehead atoms. The first-order valence-corrected chi connectivity index (χ1v) is 11.2. The van der Waals surface area contributed by atoms with Crippen molar-refractivity contribution in [3.05, 3.63) is 30.1 Å². The van der Waals surface area contributed by atoms with E-state index in [0.717, 1.165) is 54.0 Å². The molecule has 0 saturated carbocycles. The van der Waals surface area contributed by atoms with Crippen LogP contribution in [-0.2, 0) is 17.7 Å². The van der Waals surface area contributed by atoms with Crippen molar-refractivity contribution >= 4 is 23.5 Å². The van der Waals surface area contributed by atoms with Gasteiger partial charge < -0.3 is 19.9 Å². The van der Waals surface area contributed by atoms with Crippen molar-refractivity contribution in [1.82, 2.24) is 20.1 Å². The van der Waals surface area contributed by atoms with E-state index in [0.29, 0.717) is 6.54 Å². The summed E-state index contributed by atoms with van der Waals surface area (Å²) in [7, 11) is 0. The molecule has 28 heavy (non-hydrogen) atoms. The Morgan fingerprint density at radius 3 is 2.86 bits per heavy atom. The average molecular weight is 402 g/mol. The predicted molar refractivity (Wildman–Crippen MR) is 112 cm³/mol. The summed E-state index contributed by atoms with van der Waals surface area (Å²) in [5, 5.41) is 14.6. The highest BCUT2D eigenvalue weighted by atomic mass is 32.2. The summed E-state index contributed by atoms with van der Waals surface area (Å²) < 4.78 is 7.87. The van der Waals surface area contributed by atoms with Crippen LogP contribution in [0.2, 0.25) is 0 Å². The maximum Gasteiger partial charge on any atom is 0.319 e. The molecule has 1 aromatic heterocycles. The quantitative estimate of drug-likeness (QED) is 0.821. The summed E-state index contributed by atoms with van der Waals surface area (Å²) >= 11 is 1.86. The van der Waals surface area contributed by atoms with Crippen LogP contribution in [0.5, 0.6) is 0 Å². The SMILES string of the molecule is O=C(NCC1CSCCO1)Nc1ccc(-c2nnc3n2CCCCCC3)cc1. The first-order chi connectivity index (χ1) is 13.8. The van der Waals surface area contributed by atoms with E-state index in [2.05, 4.69) is 25.4 Å². The van der Waals surface area contributed by atoms with Crippen LogP contribution in [0.3, 0.4) is 0 Å². The Bertz CT molecular complexity index is 786. The molecule has 8 heteroatoms. The number of amides is 2. The number of anilines is 1. The van der Waals surface area contributed by atoms with Crippen LogP contribution in [0.15, 0.2) is 24.3 Å². The number of carbonyl (C=O) groups is 1. The molecule has 4 rings (SSSR count). The van der Waals surface area contributed by atoms with Crippen LogP contribution in [0, 0.1) is 0 Å². The van der Waals surface area contributed by atoms with E-state index >= 15 is 0 Å². The number of hydrogen-bond acceptors (Lipinski definition) is 5. The number of carbonyl (C=O) groups excluding carboxylic acids is 1. The number of ether oxygens (including phenoxy) is 1. The molecule has 2 aliphatic rings. The summed E-state index contributed by atoms with van der Waals surface area (Å²) in [6.45, 7) is 2.26. The van der Waals surface area contributed by atoms with Crippen LogP contribution in [0.1, 0.15) is 31.5 Å². The summed E-state index contributed by atoms with van der Waals surface area (Å²) in [6.07, 6.45) is 5.98. The Kier molecular flexibility index (Phi) is 6.49. The first kappa shape index (κ1) is 19.3. The lowest BCUT2D eigenvalue weighted by Gasteiger charge is -2.22. The van der Waals surface area contributed by atoms with E-state index in [4.69, 9.17) is 4.74 Å². The molecule has 3 heterocycles. The van der Waals surface area contributed by atoms with Gasteiger partial charge in [0.25, 0.3) is 0 Å². The normalized spacial score (nSPS) is 19.9. The third-order valence-corrected chi connectivity index (χ3v) is 6.20. The molecule has 2 aliphatic heterocycles. The van der Waals surface area contributed by atoms with Gasteiger partial charge in [-0.2, -0.15) is 11.8 Å². The fourth-order valence-electron chi connectivity index (χ4n) is 3.61. The lowest BCUT2D eigenvalue weighted by molar-refractivity contribution is 0.0774. The van der Waals surface area contributed by atoms with Crippen LogP contribution in [0.4, 0.5) is 10.5 Å². The molecule has 0 aliphatic carbocycles. The Labute approximate surface area is 169 Å². The second kappa shape index (κ2) is 9.43. The molecular formula is C20H27N5O2S. The van der Waals surface area contributed by atoms with Crippen LogP contribution in [0.25, 0.3) is 11.4 Å². The summed E-state index contributed by atoms with van der Waals surface area (Å²) in [5.41, 5.74) is 1.78. The molecule has 1 fully saturated rings. The molecule has 1 saturated heterocycles. The first-order valence-electron chi connectivity index (χ1n) is 10.1. The minimum absolute atomic E-state index is 0.0966. The van der Waals surface area contributed by atoms with E-state index in [-0.39, 0.29) is 12.1 Å². The zero-order chi connectivity index (χ0) is 19.2. The third kappa shape index (κ3) is 4.86. The lowest BCUT2D eigenvalue weighted by Crippen LogP contribution is -2.39. The van der Waals surface area contributed by atoms with Gasteiger partial charge in [-0.15, -0.1) is 10.2 Å². The smallest absolute Gasteiger partial charge is 0.319 e. The minimum Gasteiger partial charge on any atom is -0.375 e. The molecule has 2 amide bonds. The monoisotopic (exact) mass is 401 g/mol. The highest BCUT2D eigenvalue weighted by Gasteiger charge is 2.16. The fraction of sp³-hybridized carbons (Fsp3) is 0.550. The molecular weight excluding hydrogens is 374 g/mol. The predicted octanol–water partition coefficient (Wildman–Crippen LogP) is 3.32. The van der Waals surface area contributed by atoms with Gasteiger partial charge >= 0.3 is 6.03 Å². The van der Waals surface area contributed by atoms with Gasteiger partial charge in [-0.3, -0.25) is 0 Å². The highest BCUT2D eigenvalue weighted by Crippen LogP contribution is 2.23. The molecule has 0 radical (unpaired) electrons. The topological polar surface area (TPSA) is 81.1 Å². The summed E-state index contributed by atoms with van der Waals surface area (Å²) in [6, 6.07) is 7.59. The standard InChI is InChI=1S/C20H27N5O2S/c26-20(21-13-17-14-28-12-11-27-17)22-16-8-6-15(7-9-16)19-24-23-18-5-3-1-2-4-10-25(18)19/h6-9,17H,1-5,10-14H2,(H2,21,22,26). The Balaban J connectivity index is 1.35. The number of rotatable bonds is 4. The minimum atomic E-state index is -0.209. The van der Waals surface area contributed by atoms with Crippen molar-refractivity contribution in [1.29, 1.82) is 0 Å². The van der Waals surface area contributed by atoms with Crippen molar-refractivity contribution < 1.29 is 9.53 Å². The number of benzene rings is 1. The van der Waals surface area contributed by atoms with Gasteiger partial charge in [0.05, 0.1) is 12.7 Å². The maximum atomic E-state index is 12.1. The summed E-state index contributed by atoms with van der Waals surface area (Å²) in [4.78, 5) is 12.1. The van der Waals surface area contributed by atoms with Gasteiger partial charge in [0.1, 0.15) is 5.82 Å². The number of thioether (sulfide) groups is 1. The zero-order valence-corrected chi connectivity index (χ0v) is 16.8. The van der Waals surface area contributed by atoms with Gasteiger partial charge in [-0.25, -0.2) is 4.79 Å². The van der Waals surface area contributed by atoms with Crippen molar-refractivity contribution in [3.63, 3.8) is 0 Å². The molecule has 2 aromatic rings. The molecule has 0 spiro atoms.